The van der Waals surface area contributed by atoms with Crippen molar-refractivity contribution in [3.05, 3.63) is 74.0 Å². The number of hydrogen-bond acceptors (Lipinski definition) is 7. The van der Waals surface area contributed by atoms with Crippen molar-refractivity contribution < 1.29 is 4.74 Å². The topological polar surface area (TPSA) is 88.9 Å². The maximum absolute atomic E-state index is 13.7. The van der Waals surface area contributed by atoms with Crippen LogP contribution in [0, 0.1) is 6.92 Å². The predicted molar refractivity (Wildman–Crippen MR) is 145 cm³/mol. The Balaban J connectivity index is 1.49. The van der Waals surface area contributed by atoms with Crippen LogP contribution in [-0.2, 0) is 11.3 Å². The van der Waals surface area contributed by atoms with Crippen LogP contribution in [-0.4, -0.2) is 49.3 Å². The second kappa shape index (κ2) is 10.8. The molecule has 4 aromatic rings. The van der Waals surface area contributed by atoms with Crippen molar-refractivity contribution in [3.8, 4) is 0 Å². The molecule has 2 aliphatic rings. The Labute approximate surface area is 220 Å². The summed E-state index contributed by atoms with van der Waals surface area (Å²) < 4.78 is 8.10. The minimum absolute atomic E-state index is 0.0928. The number of nitrogens with one attached hydrogen (secondary N) is 1. The van der Waals surface area contributed by atoms with E-state index in [0.717, 1.165) is 54.6 Å². The van der Waals surface area contributed by atoms with Crippen LogP contribution in [0.1, 0.15) is 78.9 Å². The third kappa shape index (κ3) is 5.26. The Morgan fingerprint density at radius 1 is 1.16 bits per heavy atom. The van der Waals surface area contributed by atoms with Gasteiger partial charge in [-0.25, -0.2) is 4.68 Å². The van der Waals surface area contributed by atoms with Crippen LogP contribution in [0.3, 0.4) is 0 Å². The fourth-order valence-electron chi connectivity index (χ4n) is 5.91. The van der Waals surface area contributed by atoms with Crippen LogP contribution in [0.4, 0.5) is 0 Å². The van der Waals surface area contributed by atoms with Crippen LogP contribution < -0.4 is 5.56 Å². The Kier molecular flexibility index (Phi) is 7.17. The van der Waals surface area contributed by atoms with Gasteiger partial charge in [-0.3, -0.25) is 9.69 Å². The summed E-state index contributed by atoms with van der Waals surface area (Å²) in [6, 6.07) is 12.3. The zero-order valence-corrected chi connectivity index (χ0v) is 22.1. The second-order valence-corrected chi connectivity index (χ2v) is 11.5. The summed E-state index contributed by atoms with van der Waals surface area (Å²) in [7, 11) is 0. The first kappa shape index (κ1) is 24.5. The molecule has 1 saturated carbocycles. The largest absolute Gasteiger partial charge is 0.377 e. The van der Waals surface area contributed by atoms with Crippen molar-refractivity contribution in [3.63, 3.8) is 0 Å². The number of hydrogen-bond donors (Lipinski definition) is 1. The number of rotatable bonds is 8. The van der Waals surface area contributed by atoms with Crippen LogP contribution in [0.5, 0.6) is 0 Å². The normalized spacial score (nSPS) is 19.7. The van der Waals surface area contributed by atoms with Gasteiger partial charge in [0.1, 0.15) is 6.04 Å². The van der Waals surface area contributed by atoms with Crippen molar-refractivity contribution in [1.29, 1.82) is 0 Å². The minimum atomic E-state index is -0.391. The number of pyridine rings is 1. The summed E-state index contributed by atoms with van der Waals surface area (Å²) in [6.07, 6.45) is 7.96. The Morgan fingerprint density at radius 2 is 2.05 bits per heavy atom. The van der Waals surface area contributed by atoms with Crippen LogP contribution in [0.15, 0.2) is 46.6 Å². The van der Waals surface area contributed by atoms with E-state index in [1.165, 1.54) is 24.1 Å². The van der Waals surface area contributed by atoms with E-state index in [9.17, 15) is 4.79 Å². The van der Waals surface area contributed by atoms with Crippen molar-refractivity contribution in [2.24, 2.45) is 0 Å². The minimum Gasteiger partial charge on any atom is -0.377 e. The maximum atomic E-state index is 13.7. The van der Waals surface area contributed by atoms with E-state index < -0.39 is 6.04 Å². The quantitative estimate of drug-likeness (QED) is 0.347. The lowest BCUT2D eigenvalue weighted by Crippen LogP contribution is -2.39. The second-order valence-electron chi connectivity index (χ2n) is 10.5. The van der Waals surface area contributed by atoms with E-state index in [-0.39, 0.29) is 17.7 Å². The van der Waals surface area contributed by atoms with Crippen molar-refractivity contribution >= 4 is 22.2 Å². The molecule has 8 nitrogen and oxygen atoms in total. The van der Waals surface area contributed by atoms with Gasteiger partial charge in [-0.05, 0) is 77.6 Å². The smallest absolute Gasteiger partial charge is 0.253 e. The third-order valence-electron chi connectivity index (χ3n) is 7.77. The average Bonchev–Trinajstić information content (AvgIpc) is 3.69. The molecule has 2 fully saturated rings. The number of aromatic amines is 1. The van der Waals surface area contributed by atoms with Crippen LogP contribution in [0.2, 0.25) is 0 Å². The highest BCUT2D eigenvalue weighted by atomic mass is 32.1. The lowest BCUT2D eigenvalue weighted by molar-refractivity contribution is 0.0571. The molecule has 9 heteroatoms. The van der Waals surface area contributed by atoms with Gasteiger partial charge < -0.3 is 9.72 Å². The third-order valence-corrected chi connectivity index (χ3v) is 8.64. The summed E-state index contributed by atoms with van der Waals surface area (Å²) in [5, 5.41) is 16.4. The molecular weight excluding hydrogens is 484 g/mol. The number of tetrazole rings is 1. The first-order valence-electron chi connectivity index (χ1n) is 13.4. The Bertz CT molecular complexity index is 1390. The molecule has 1 aliphatic carbocycles. The number of aromatic nitrogens is 5. The fraction of sp³-hybridized carbons (Fsp3) is 0.500. The zero-order valence-electron chi connectivity index (χ0n) is 21.3. The summed E-state index contributed by atoms with van der Waals surface area (Å²) in [4.78, 5) is 20.5. The van der Waals surface area contributed by atoms with Crippen LogP contribution >= 0.6 is 11.3 Å². The van der Waals surface area contributed by atoms with Gasteiger partial charge in [-0.2, -0.15) is 0 Å². The molecular formula is C28H34N6O2S. The summed E-state index contributed by atoms with van der Waals surface area (Å²) in [5.74, 6) is 0.749. The van der Waals surface area contributed by atoms with Crippen molar-refractivity contribution in [2.45, 2.75) is 76.6 Å². The molecule has 2 atom stereocenters. The van der Waals surface area contributed by atoms with E-state index >= 15 is 0 Å². The predicted octanol–water partition coefficient (Wildman–Crippen LogP) is 5.16. The highest BCUT2D eigenvalue weighted by Gasteiger charge is 2.35. The monoisotopic (exact) mass is 518 g/mol. The highest BCUT2D eigenvalue weighted by Crippen LogP contribution is 2.35. The molecule has 3 aromatic heterocycles. The first-order chi connectivity index (χ1) is 18.2. The molecule has 0 spiro atoms. The number of fused-ring (bicyclic) bond motifs is 1. The standard InChI is InChI=1S/C28H34N6O2S/c1-19-11-12-20-16-24(28(35)29-25(20)15-19)26(27-30-31-32-34(27)21-7-3-2-4-8-21)33(17-22-9-5-13-36-22)18-23-10-6-14-37-23/h6,10-12,14-16,21-22,26H,2-5,7-9,13,17-18H2,1H3,(H,29,35)/t22-,26+/m1/s1. The summed E-state index contributed by atoms with van der Waals surface area (Å²) >= 11 is 1.73. The number of H-pyrrole nitrogens is 1. The first-order valence-corrected chi connectivity index (χ1v) is 14.3. The number of nitrogens with zero attached hydrogens (tertiary/aromatic N) is 5. The van der Waals surface area contributed by atoms with Crippen molar-refractivity contribution in [1.82, 2.24) is 30.1 Å². The van der Waals surface area contributed by atoms with Gasteiger partial charge >= 0.3 is 0 Å². The van der Waals surface area contributed by atoms with Crippen LogP contribution in [0.25, 0.3) is 10.9 Å². The number of ether oxygens (including phenoxy) is 1. The molecule has 0 amide bonds. The number of benzene rings is 1. The molecule has 1 aliphatic heterocycles. The van der Waals surface area contributed by atoms with E-state index in [2.05, 4.69) is 55.1 Å². The molecule has 0 bridgehead atoms. The molecule has 4 heterocycles. The summed E-state index contributed by atoms with van der Waals surface area (Å²) in [6.45, 7) is 4.24. The number of thiophene rings is 1. The summed E-state index contributed by atoms with van der Waals surface area (Å²) in [5.41, 5.74) is 2.55. The molecule has 6 rings (SSSR count). The maximum Gasteiger partial charge on any atom is 0.253 e. The molecule has 0 radical (unpaired) electrons. The van der Waals surface area contributed by atoms with E-state index in [1.54, 1.807) is 11.3 Å². The van der Waals surface area contributed by atoms with Gasteiger partial charge in [-0.1, -0.05) is 37.5 Å². The lowest BCUT2D eigenvalue weighted by atomic mass is 9.95. The average molecular weight is 519 g/mol. The van der Waals surface area contributed by atoms with Crippen molar-refractivity contribution in [2.75, 3.05) is 13.2 Å². The van der Waals surface area contributed by atoms with Gasteiger partial charge in [0.25, 0.3) is 5.56 Å². The fourth-order valence-corrected chi connectivity index (χ4v) is 6.64. The molecule has 1 N–H and O–H groups in total. The van der Waals surface area contributed by atoms with E-state index in [4.69, 9.17) is 4.74 Å². The van der Waals surface area contributed by atoms with Gasteiger partial charge in [0.2, 0.25) is 0 Å². The highest BCUT2D eigenvalue weighted by molar-refractivity contribution is 7.09. The molecule has 0 unspecified atom stereocenters. The van der Waals surface area contributed by atoms with Gasteiger partial charge in [0.05, 0.1) is 12.1 Å². The zero-order chi connectivity index (χ0) is 25.2. The Morgan fingerprint density at radius 3 is 2.84 bits per heavy atom. The van der Waals surface area contributed by atoms with Gasteiger partial charge in [0, 0.05) is 35.7 Å². The van der Waals surface area contributed by atoms with E-state index in [0.29, 0.717) is 18.7 Å². The SMILES string of the molecule is Cc1ccc2cc([C@@H](c3nnnn3C3CCCCC3)N(Cc3cccs3)C[C@H]3CCCO3)c(=O)[nH]c2c1. The molecule has 1 aromatic carbocycles. The van der Waals surface area contributed by atoms with Gasteiger partial charge in [-0.15, -0.1) is 16.4 Å². The van der Waals surface area contributed by atoms with E-state index in [1.807, 2.05) is 23.7 Å². The molecule has 194 valence electrons. The Hall–Kier alpha value is -2.88. The van der Waals surface area contributed by atoms with Gasteiger partial charge in [0.15, 0.2) is 5.82 Å². The molecule has 1 saturated heterocycles. The number of aryl methyl sites for hydroxylation is 1. The lowest BCUT2D eigenvalue weighted by Gasteiger charge is -2.33. The molecule has 37 heavy (non-hydrogen) atoms.